The lowest BCUT2D eigenvalue weighted by atomic mass is 10.2. The van der Waals surface area contributed by atoms with Gasteiger partial charge in [-0.3, -0.25) is 4.79 Å². The maximum absolute atomic E-state index is 12.2. The van der Waals surface area contributed by atoms with Gasteiger partial charge in [-0.15, -0.1) is 0 Å². The van der Waals surface area contributed by atoms with Crippen molar-refractivity contribution in [3.63, 3.8) is 0 Å². The zero-order chi connectivity index (χ0) is 17.1. The molecule has 2 aromatic rings. The predicted molar refractivity (Wildman–Crippen MR) is 83.4 cm³/mol. The summed E-state index contributed by atoms with van der Waals surface area (Å²) in [7, 11) is 0. The Hall–Kier alpha value is -3.10. The van der Waals surface area contributed by atoms with Crippen molar-refractivity contribution in [3.05, 3.63) is 45.6 Å². The minimum absolute atomic E-state index is 0.203. The van der Waals surface area contributed by atoms with Crippen molar-refractivity contribution in [1.29, 1.82) is 0 Å². The number of nitro groups is 1. The minimum atomic E-state index is -0.544. The highest BCUT2D eigenvalue weighted by Gasteiger charge is 2.17. The largest absolute Gasteiger partial charge is 0.486 e. The minimum Gasteiger partial charge on any atom is -0.486 e. The summed E-state index contributed by atoms with van der Waals surface area (Å²) in [5.74, 6) is 0.710. The van der Waals surface area contributed by atoms with E-state index in [-0.39, 0.29) is 11.7 Å². The van der Waals surface area contributed by atoms with Crippen LogP contribution in [0.15, 0.2) is 24.3 Å². The Morgan fingerprint density at radius 3 is 2.79 bits per heavy atom. The molecule has 24 heavy (non-hydrogen) atoms. The summed E-state index contributed by atoms with van der Waals surface area (Å²) in [5, 5.41) is 17.3. The molecule has 0 fully saturated rings. The molecule has 1 amide bonds. The molecular weight excluding hydrogens is 316 g/mol. The number of amides is 1. The maximum Gasteiger partial charge on any atom is 0.390 e. The molecule has 0 bridgehead atoms. The van der Waals surface area contributed by atoms with E-state index in [1.807, 2.05) is 0 Å². The van der Waals surface area contributed by atoms with Crippen LogP contribution >= 0.6 is 0 Å². The lowest BCUT2D eigenvalue weighted by molar-refractivity contribution is -0.389. The molecule has 0 aliphatic carbocycles. The SMILES string of the molecule is Cc1cc([N+](=O)[O-])nn1CCNC(=O)c1ccc2c(c1)OCCO2. The second-order valence-electron chi connectivity index (χ2n) is 5.24. The van der Waals surface area contributed by atoms with E-state index in [1.54, 1.807) is 25.1 Å². The summed E-state index contributed by atoms with van der Waals surface area (Å²) < 4.78 is 12.3. The van der Waals surface area contributed by atoms with Crippen LogP contribution in [-0.4, -0.2) is 40.4 Å². The maximum atomic E-state index is 12.2. The van der Waals surface area contributed by atoms with Crippen LogP contribution in [0.3, 0.4) is 0 Å². The first kappa shape index (κ1) is 15.8. The summed E-state index contributed by atoms with van der Waals surface area (Å²) in [6.07, 6.45) is 0. The van der Waals surface area contributed by atoms with Gasteiger partial charge in [0.05, 0.1) is 23.4 Å². The van der Waals surface area contributed by atoms with Gasteiger partial charge in [0, 0.05) is 12.1 Å². The fourth-order valence-electron chi connectivity index (χ4n) is 2.37. The van der Waals surface area contributed by atoms with Crippen LogP contribution in [0, 0.1) is 17.0 Å². The van der Waals surface area contributed by atoms with E-state index in [1.165, 1.54) is 10.7 Å². The standard InChI is InChI=1S/C15H16N4O5/c1-10-8-14(19(21)22)17-18(10)5-4-16-15(20)11-2-3-12-13(9-11)24-7-6-23-12/h2-3,8-9H,4-7H2,1H3,(H,16,20). The lowest BCUT2D eigenvalue weighted by Gasteiger charge is -2.18. The number of benzene rings is 1. The van der Waals surface area contributed by atoms with E-state index >= 15 is 0 Å². The van der Waals surface area contributed by atoms with Gasteiger partial charge in [-0.1, -0.05) is 0 Å². The van der Waals surface area contributed by atoms with Crippen molar-refractivity contribution in [2.75, 3.05) is 19.8 Å². The van der Waals surface area contributed by atoms with Crippen LogP contribution in [0.4, 0.5) is 5.82 Å². The van der Waals surface area contributed by atoms with Crippen molar-refractivity contribution >= 4 is 11.7 Å². The molecule has 1 aromatic carbocycles. The molecule has 1 aromatic heterocycles. The molecule has 126 valence electrons. The molecule has 1 aliphatic rings. The van der Waals surface area contributed by atoms with Gasteiger partial charge < -0.3 is 24.9 Å². The normalized spacial score (nSPS) is 12.7. The summed E-state index contributed by atoms with van der Waals surface area (Å²) >= 11 is 0. The summed E-state index contributed by atoms with van der Waals surface area (Å²) in [6, 6.07) is 6.38. The average molecular weight is 332 g/mol. The zero-order valence-corrected chi connectivity index (χ0v) is 13.0. The van der Waals surface area contributed by atoms with Crippen molar-refractivity contribution in [1.82, 2.24) is 15.1 Å². The van der Waals surface area contributed by atoms with E-state index in [0.29, 0.717) is 49.1 Å². The second kappa shape index (κ2) is 6.57. The third kappa shape index (κ3) is 3.29. The number of hydrogen-bond acceptors (Lipinski definition) is 6. The summed E-state index contributed by atoms with van der Waals surface area (Å²) in [4.78, 5) is 22.3. The molecule has 1 aliphatic heterocycles. The molecule has 0 radical (unpaired) electrons. The van der Waals surface area contributed by atoms with Crippen LogP contribution in [0.1, 0.15) is 16.1 Å². The molecular formula is C15H16N4O5. The van der Waals surface area contributed by atoms with Crippen molar-refractivity contribution in [2.45, 2.75) is 13.5 Å². The van der Waals surface area contributed by atoms with Gasteiger partial charge in [-0.2, -0.15) is 4.68 Å². The van der Waals surface area contributed by atoms with E-state index < -0.39 is 4.92 Å². The first-order valence-corrected chi connectivity index (χ1v) is 7.41. The van der Waals surface area contributed by atoms with Crippen LogP contribution in [0.25, 0.3) is 0 Å². The molecule has 9 nitrogen and oxygen atoms in total. The third-order valence-electron chi connectivity index (χ3n) is 3.57. The van der Waals surface area contributed by atoms with Crippen molar-refractivity contribution < 1.29 is 19.2 Å². The number of carbonyl (C=O) groups is 1. The topological polar surface area (TPSA) is 109 Å². The Labute approximate surface area is 137 Å². The average Bonchev–Trinajstić information content (AvgIpc) is 2.95. The molecule has 0 atom stereocenters. The van der Waals surface area contributed by atoms with Crippen molar-refractivity contribution in [2.24, 2.45) is 0 Å². The van der Waals surface area contributed by atoms with Gasteiger partial charge in [0.1, 0.15) is 13.2 Å². The van der Waals surface area contributed by atoms with Crippen LogP contribution < -0.4 is 14.8 Å². The van der Waals surface area contributed by atoms with Gasteiger partial charge in [0.15, 0.2) is 11.5 Å². The second-order valence-corrected chi connectivity index (χ2v) is 5.24. The Bertz CT molecular complexity index is 786. The van der Waals surface area contributed by atoms with E-state index in [0.717, 1.165) is 0 Å². The van der Waals surface area contributed by atoms with Gasteiger partial charge >= 0.3 is 5.82 Å². The molecule has 0 saturated heterocycles. The predicted octanol–water partition coefficient (Wildman–Crippen LogP) is 1.30. The summed E-state index contributed by atoms with van der Waals surface area (Å²) in [5.41, 5.74) is 1.12. The fourth-order valence-corrected chi connectivity index (χ4v) is 2.37. The number of aromatic nitrogens is 2. The molecule has 2 heterocycles. The number of hydrogen-bond donors (Lipinski definition) is 1. The Morgan fingerprint density at radius 1 is 1.33 bits per heavy atom. The lowest BCUT2D eigenvalue weighted by Crippen LogP contribution is -2.28. The van der Waals surface area contributed by atoms with Gasteiger partial charge in [0.25, 0.3) is 5.91 Å². The number of aryl methyl sites for hydroxylation is 1. The van der Waals surface area contributed by atoms with Crippen LogP contribution in [0.2, 0.25) is 0 Å². The Balaban J connectivity index is 1.59. The fraction of sp³-hybridized carbons (Fsp3) is 0.333. The highest BCUT2D eigenvalue weighted by Crippen LogP contribution is 2.30. The first-order valence-electron chi connectivity index (χ1n) is 7.41. The molecule has 0 unspecified atom stereocenters. The number of fused-ring (bicyclic) bond motifs is 1. The van der Waals surface area contributed by atoms with E-state index in [4.69, 9.17) is 9.47 Å². The first-order chi connectivity index (χ1) is 11.5. The monoisotopic (exact) mass is 332 g/mol. The van der Waals surface area contributed by atoms with Crippen LogP contribution in [-0.2, 0) is 6.54 Å². The van der Waals surface area contributed by atoms with E-state index in [9.17, 15) is 14.9 Å². The number of nitrogens with zero attached hydrogens (tertiary/aromatic N) is 3. The van der Waals surface area contributed by atoms with Gasteiger partial charge in [-0.25, -0.2) is 0 Å². The van der Waals surface area contributed by atoms with Gasteiger partial charge in [-0.05, 0) is 30.0 Å². The smallest absolute Gasteiger partial charge is 0.390 e. The third-order valence-corrected chi connectivity index (χ3v) is 3.57. The quantitative estimate of drug-likeness (QED) is 0.653. The number of ether oxygens (including phenoxy) is 2. The highest BCUT2D eigenvalue weighted by molar-refractivity contribution is 5.94. The molecule has 3 rings (SSSR count). The number of carbonyl (C=O) groups excluding carboxylic acids is 1. The zero-order valence-electron chi connectivity index (χ0n) is 13.0. The molecule has 0 saturated carbocycles. The number of nitrogens with one attached hydrogen (secondary N) is 1. The Kier molecular flexibility index (Phi) is 4.32. The van der Waals surface area contributed by atoms with E-state index in [2.05, 4.69) is 10.4 Å². The number of rotatable bonds is 5. The van der Waals surface area contributed by atoms with Gasteiger partial charge in [0.2, 0.25) is 0 Å². The molecule has 1 N–H and O–H groups in total. The Morgan fingerprint density at radius 2 is 2.08 bits per heavy atom. The van der Waals surface area contributed by atoms with Crippen LogP contribution in [0.5, 0.6) is 11.5 Å². The molecule has 9 heteroatoms. The molecule has 0 spiro atoms. The highest BCUT2D eigenvalue weighted by atomic mass is 16.6. The summed E-state index contributed by atoms with van der Waals surface area (Å²) in [6.45, 7) is 3.31. The van der Waals surface area contributed by atoms with Crippen molar-refractivity contribution in [3.8, 4) is 11.5 Å².